The highest BCUT2D eigenvalue weighted by Gasteiger charge is 2.26. The molecule has 2 aliphatic heterocycles. The molecule has 0 spiro atoms. The van der Waals surface area contributed by atoms with Crippen LogP contribution in [0.2, 0.25) is 0 Å². The number of hydrogen-bond donors (Lipinski definition) is 2. The van der Waals surface area contributed by atoms with Crippen LogP contribution < -0.4 is 5.32 Å². The van der Waals surface area contributed by atoms with Crippen molar-refractivity contribution < 1.29 is 9.84 Å². The van der Waals surface area contributed by atoms with Crippen LogP contribution in [0.4, 0.5) is 5.82 Å². The average molecular weight is 423 g/mol. The first-order valence-electron chi connectivity index (χ1n) is 11.9. The molecule has 3 aliphatic rings. The number of aromatic nitrogens is 2. The number of aryl methyl sites for hydroxylation is 1. The van der Waals surface area contributed by atoms with Gasteiger partial charge in [-0.1, -0.05) is 6.07 Å². The summed E-state index contributed by atoms with van der Waals surface area (Å²) in [5.41, 5.74) is 3.78. The summed E-state index contributed by atoms with van der Waals surface area (Å²) in [6, 6.07) is 8.47. The fraction of sp³-hybridized carbons (Fsp3) is 0.600. The summed E-state index contributed by atoms with van der Waals surface area (Å²) in [5.74, 6) is 2.53. The zero-order valence-electron chi connectivity index (χ0n) is 18.5. The summed E-state index contributed by atoms with van der Waals surface area (Å²) in [5, 5.41) is 23.1. The third-order valence-corrected chi connectivity index (χ3v) is 7.02. The maximum absolute atomic E-state index is 10.5. The number of ether oxygens (including phenoxy) is 1. The van der Waals surface area contributed by atoms with Crippen molar-refractivity contribution in [3.05, 3.63) is 35.4 Å². The SMILES string of the molecule is Cc1cc(N[C@H]2CCCN(CC3CCOCC3)C2)nnc1-c1ccc(C2CC2)cc1O. The summed E-state index contributed by atoms with van der Waals surface area (Å²) in [4.78, 5) is 2.60. The van der Waals surface area contributed by atoms with Gasteiger partial charge in [0.25, 0.3) is 0 Å². The van der Waals surface area contributed by atoms with E-state index in [9.17, 15) is 5.11 Å². The third-order valence-electron chi connectivity index (χ3n) is 7.02. The Morgan fingerprint density at radius 2 is 1.94 bits per heavy atom. The molecule has 1 aromatic heterocycles. The van der Waals surface area contributed by atoms with Crippen LogP contribution in [0.15, 0.2) is 24.3 Å². The molecule has 6 heteroatoms. The van der Waals surface area contributed by atoms with Crippen molar-refractivity contribution in [3.8, 4) is 17.0 Å². The molecule has 2 aromatic rings. The van der Waals surface area contributed by atoms with Crippen molar-refractivity contribution >= 4 is 5.82 Å². The summed E-state index contributed by atoms with van der Waals surface area (Å²) in [7, 11) is 0. The predicted octanol–water partition coefficient (Wildman–Crippen LogP) is 4.34. The number of likely N-dealkylation sites (tertiary alicyclic amines) is 1. The highest BCUT2D eigenvalue weighted by Crippen LogP contribution is 2.43. The minimum absolute atomic E-state index is 0.304. The lowest BCUT2D eigenvalue weighted by Gasteiger charge is -2.36. The van der Waals surface area contributed by atoms with Crippen molar-refractivity contribution in [2.45, 2.75) is 57.4 Å². The van der Waals surface area contributed by atoms with Gasteiger partial charge in [-0.3, -0.25) is 0 Å². The topological polar surface area (TPSA) is 70.5 Å². The Morgan fingerprint density at radius 3 is 2.68 bits per heavy atom. The largest absolute Gasteiger partial charge is 0.507 e. The van der Waals surface area contributed by atoms with E-state index in [1.807, 2.05) is 19.1 Å². The molecule has 5 rings (SSSR count). The van der Waals surface area contributed by atoms with Gasteiger partial charge in [0.2, 0.25) is 0 Å². The van der Waals surface area contributed by atoms with E-state index in [4.69, 9.17) is 4.74 Å². The van der Waals surface area contributed by atoms with Gasteiger partial charge in [0.05, 0.1) is 5.69 Å². The molecule has 1 saturated carbocycles. The minimum atomic E-state index is 0.304. The first kappa shape index (κ1) is 20.7. The number of aromatic hydroxyl groups is 1. The van der Waals surface area contributed by atoms with Gasteiger partial charge in [-0.2, -0.15) is 0 Å². The van der Waals surface area contributed by atoms with Gasteiger partial charge >= 0.3 is 0 Å². The molecule has 1 aliphatic carbocycles. The van der Waals surface area contributed by atoms with Gasteiger partial charge in [-0.15, -0.1) is 10.2 Å². The van der Waals surface area contributed by atoms with Crippen LogP contribution in [0.5, 0.6) is 5.75 Å². The summed E-state index contributed by atoms with van der Waals surface area (Å²) >= 11 is 0. The number of anilines is 1. The zero-order chi connectivity index (χ0) is 21.2. The van der Waals surface area contributed by atoms with Gasteiger partial charge in [0.1, 0.15) is 11.6 Å². The zero-order valence-corrected chi connectivity index (χ0v) is 18.5. The molecular weight excluding hydrogens is 388 g/mol. The Kier molecular flexibility index (Phi) is 6.10. The summed E-state index contributed by atoms with van der Waals surface area (Å²) in [6.07, 6.45) is 7.21. The third kappa shape index (κ3) is 5.01. The molecule has 0 amide bonds. The minimum Gasteiger partial charge on any atom is -0.507 e. The molecule has 6 nitrogen and oxygen atoms in total. The molecule has 0 bridgehead atoms. The maximum atomic E-state index is 10.5. The van der Waals surface area contributed by atoms with Crippen molar-refractivity contribution in [2.75, 3.05) is 38.2 Å². The summed E-state index contributed by atoms with van der Waals surface area (Å²) in [6.45, 7) is 7.31. The Labute approximate surface area is 185 Å². The second-order valence-electron chi connectivity index (χ2n) is 9.61. The fourth-order valence-electron chi connectivity index (χ4n) is 5.08. The normalized spacial score (nSPS) is 23.1. The van der Waals surface area contributed by atoms with E-state index in [0.717, 1.165) is 54.7 Å². The van der Waals surface area contributed by atoms with E-state index in [-0.39, 0.29) is 0 Å². The van der Waals surface area contributed by atoms with E-state index in [1.54, 1.807) is 0 Å². The molecule has 3 fully saturated rings. The molecule has 1 aromatic carbocycles. The number of nitrogens with one attached hydrogen (secondary N) is 1. The molecule has 3 heterocycles. The lowest BCUT2D eigenvalue weighted by atomic mass is 9.97. The summed E-state index contributed by atoms with van der Waals surface area (Å²) < 4.78 is 5.51. The van der Waals surface area contributed by atoms with E-state index >= 15 is 0 Å². The highest BCUT2D eigenvalue weighted by atomic mass is 16.5. The lowest BCUT2D eigenvalue weighted by molar-refractivity contribution is 0.0490. The number of phenolic OH excluding ortho intramolecular Hbond substituents is 1. The monoisotopic (exact) mass is 422 g/mol. The molecule has 2 N–H and O–H groups in total. The van der Waals surface area contributed by atoms with Gasteiger partial charge < -0.3 is 20.1 Å². The Hall–Kier alpha value is -2.18. The van der Waals surface area contributed by atoms with Crippen molar-refractivity contribution in [1.29, 1.82) is 0 Å². The van der Waals surface area contributed by atoms with E-state index in [2.05, 4.69) is 32.5 Å². The van der Waals surface area contributed by atoms with Gasteiger partial charge in [-0.25, -0.2) is 0 Å². The van der Waals surface area contributed by atoms with Crippen LogP contribution in [-0.4, -0.2) is 59.1 Å². The molecular formula is C25H34N4O2. The maximum Gasteiger partial charge on any atom is 0.149 e. The molecule has 1 atom stereocenters. The second-order valence-corrected chi connectivity index (χ2v) is 9.61. The Balaban J connectivity index is 1.22. The first-order chi connectivity index (χ1) is 15.2. The molecule has 0 unspecified atom stereocenters. The molecule has 31 heavy (non-hydrogen) atoms. The fourth-order valence-corrected chi connectivity index (χ4v) is 5.08. The van der Waals surface area contributed by atoms with Crippen LogP contribution in [0, 0.1) is 12.8 Å². The van der Waals surface area contributed by atoms with Crippen LogP contribution in [-0.2, 0) is 4.74 Å². The Morgan fingerprint density at radius 1 is 1.10 bits per heavy atom. The van der Waals surface area contributed by atoms with Gasteiger partial charge in [-0.05, 0) is 93.2 Å². The molecule has 0 radical (unpaired) electrons. The number of hydrogen-bond acceptors (Lipinski definition) is 6. The van der Waals surface area contributed by atoms with Gasteiger partial charge in [0, 0.05) is 37.9 Å². The number of phenols is 1. The smallest absolute Gasteiger partial charge is 0.149 e. The molecule has 2 saturated heterocycles. The predicted molar refractivity (Wildman–Crippen MR) is 122 cm³/mol. The van der Waals surface area contributed by atoms with Crippen LogP contribution in [0.25, 0.3) is 11.3 Å². The van der Waals surface area contributed by atoms with Crippen LogP contribution in [0.1, 0.15) is 55.6 Å². The van der Waals surface area contributed by atoms with Gasteiger partial charge in [0.15, 0.2) is 0 Å². The van der Waals surface area contributed by atoms with Crippen molar-refractivity contribution in [2.24, 2.45) is 5.92 Å². The average Bonchev–Trinajstić information content (AvgIpc) is 3.61. The number of benzene rings is 1. The lowest BCUT2D eigenvalue weighted by Crippen LogP contribution is -2.44. The van der Waals surface area contributed by atoms with E-state index < -0.39 is 0 Å². The first-order valence-corrected chi connectivity index (χ1v) is 11.9. The number of rotatable bonds is 6. The Bertz CT molecular complexity index is 908. The highest BCUT2D eigenvalue weighted by molar-refractivity contribution is 5.70. The van der Waals surface area contributed by atoms with E-state index in [1.165, 1.54) is 50.8 Å². The second kappa shape index (κ2) is 9.13. The quantitative estimate of drug-likeness (QED) is 0.722. The van der Waals surface area contributed by atoms with Crippen molar-refractivity contribution in [1.82, 2.24) is 15.1 Å². The molecule has 166 valence electrons. The standard InChI is InChI=1S/C25H34N4O2/c1-17-13-24(26-21-3-2-10-29(16-21)15-18-8-11-31-12-9-18)27-28-25(17)22-7-6-20(14-23(22)30)19-4-5-19/h6-7,13-14,18-19,21,30H,2-5,8-12,15-16H2,1H3,(H,26,27)/t21-/m0/s1. The van der Waals surface area contributed by atoms with Crippen molar-refractivity contribution in [3.63, 3.8) is 0 Å². The number of piperidine rings is 1. The van der Waals surface area contributed by atoms with Crippen LogP contribution in [0.3, 0.4) is 0 Å². The number of nitrogens with zero attached hydrogens (tertiary/aromatic N) is 3. The van der Waals surface area contributed by atoms with E-state index in [0.29, 0.717) is 17.7 Å². The van der Waals surface area contributed by atoms with Crippen LogP contribution >= 0.6 is 0 Å².